The Morgan fingerprint density at radius 1 is 1.04 bits per heavy atom. The number of hydroxylamine groups is 1. The van der Waals surface area contributed by atoms with Crippen LogP contribution in [-0.2, 0) is 23.7 Å². The molecule has 0 unspecified atom stereocenters. The van der Waals surface area contributed by atoms with E-state index in [9.17, 15) is 5.21 Å². The predicted molar refractivity (Wildman–Crippen MR) is 86.5 cm³/mol. The Morgan fingerprint density at radius 2 is 1.71 bits per heavy atom. The quantitative estimate of drug-likeness (QED) is 0.336. The zero-order valence-electron chi connectivity index (χ0n) is 15.4. The van der Waals surface area contributed by atoms with E-state index in [0.29, 0.717) is 18.9 Å². The highest BCUT2D eigenvalue weighted by atomic mass is 16.8. The summed E-state index contributed by atoms with van der Waals surface area (Å²) in [5.74, 6) is -1.000. The molecule has 3 rings (SSSR count). The summed E-state index contributed by atoms with van der Waals surface area (Å²) in [6, 6.07) is 0. The van der Waals surface area contributed by atoms with Crippen molar-refractivity contribution in [3.63, 3.8) is 0 Å². The van der Waals surface area contributed by atoms with Crippen LogP contribution in [0.2, 0.25) is 0 Å². The largest absolute Gasteiger partial charge is 0.622 e. The summed E-state index contributed by atoms with van der Waals surface area (Å²) in [6.07, 6.45) is 0.105. The maximum atomic E-state index is 12.5. The molecule has 3 aliphatic heterocycles. The SMILES string of the molecule is CC(C)C/C=[N+](\[O-])[C@@H]1O[C@H]([C@H]2COC(C)(C)O2)[C@@H]2OC(C)(C)O[C@@H]21. The van der Waals surface area contributed by atoms with Gasteiger partial charge in [-0.1, -0.05) is 13.8 Å². The highest BCUT2D eigenvalue weighted by Crippen LogP contribution is 2.42. The first kappa shape index (κ1) is 18.1. The van der Waals surface area contributed by atoms with Crippen LogP contribution in [0.3, 0.4) is 0 Å². The molecular formula is C17H29NO6. The van der Waals surface area contributed by atoms with E-state index in [0.717, 1.165) is 4.74 Å². The second kappa shape index (κ2) is 6.21. The molecule has 0 aromatic heterocycles. The molecule has 3 heterocycles. The first-order chi connectivity index (χ1) is 11.1. The number of hydrogen-bond donors (Lipinski definition) is 0. The van der Waals surface area contributed by atoms with Crippen molar-refractivity contribution in [3.05, 3.63) is 5.21 Å². The van der Waals surface area contributed by atoms with E-state index in [1.807, 2.05) is 27.7 Å². The van der Waals surface area contributed by atoms with E-state index >= 15 is 0 Å². The molecule has 0 amide bonds. The second-order valence-corrected chi connectivity index (χ2v) is 8.10. The van der Waals surface area contributed by atoms with E-state index < -0.39 is 30.0 Å². The van der Waals surface area contributed by atoms with Gasteiger partial charge in [0.2, 0.25) is 0 Å². The molecule has 138 valence electrons. The summed E-state index contributed by atoms with van der Waals surface area (Å²) in [6.45, 7) is 12.0. The Bertz CT molecular complexity index is 503. The maximum Gasteiger partial charge on any atom is 0.297 e. The van der Waals surface area contributed by atoms with Crippen LogP contribution in [0.5, 0.6) is 0 Å². The van der Waals surface area contributed by atoms with Gasteiger partial charge in [0.15, 0.2) is 23.9 Å². The van der Waals surface area contributed by atoms with Crippen molar-refractivity contribution < 1.29 is 28.4 Å². The standard InChI is InChI=1S/C17H29NO6/c1-10(2)7-8-18(19)15-14-13(23-17(5,6)24-14)12(21-15)11-9-20-16(3,4)22-11/h8,10-15H,7,9H2,1-6H3/b18-8-/t11-,12-,13+,14+,15-/m1/s1. The van der Waals surface area contributed by atoms with Crippen molar-refractivity contribution in [1.82, 2.24) is 0 Å². The molecule has 7 heteroatoms. The van der Waals surface area contributed by atoms with Gasteiger partial charge in [-0.25, -0.2) is 0 Å². The van der Waals surface area contributed by atoms with Crippen LogP contribution >= 0.6 is 0 Å². The van der Waals surface area contributed by atoms with Gasteiger partial charge in [0.1, 0.15) is 18.3 Å². The summed E-state index contributed by atoms with van der Waals surface area (Å²) < 4.78 is 30.4. The summed E-state index contributed by atoms with van der Waals surface area (Å²) in [7, 11) is 0. The minimum absolute atomic E-state index is 0.284. The molecule has 0 N–H and O–H groups in total. The van der Waals surface area contributed by atoms with Gasteiger partial charge in [-0.05, 0) is 33.6 Å². The maximum absolute atomic E-state index is 12.5. The van der Waals surface area contributed by atoms with Crippen molar-refractivity contribution in [3.8, 4) is 0 Å². The van der Waals surface area contributed by atoms with Gasteiger partial charge in [-0.2, -0.15) is 4.74 Å². The van der Waals surface area contributed by atoms with E-state index in [1.54, 1.807) is 6.21 Å². The van der Waals surface area contributed by atoms with E-state index in [1.165, 1.54) is 0 Å². The van der Waals surface area contributed by atoms with Crippen molar-refractivity contribution in [2.75, 3.05) is 6.61 Å². The highest BCUT2D eigenvalue weighted by Gasteiger charge is 2.62. The van der Waals surface area contributed by atoms with Crippen LogP contribution in [0, 0.1) is 11.1 Å². The van der Waals surface area contributed by atoms with Crippen LogP contribution < -0.4 is 0 Å². The number of rotatable bonds is 4. The third kappa shape index (κ3) is 3.60. The van der Waals surface area contributed by atoms with Gasteiger partial charge in [-0.15, -0.1) is 0 Å². The molecule has 7 nitrogen and oxygen atoms in total. The topological polar surface area (TPSA) is 72.2 Å². The highest BCUT2D eigenvalue weighted by molar-refractivity contribution is 5.51. The third-order valence-corrected chi connectivity index (χ3v) is 4.47. The lowest BCUT2D eigenvalue weighted by Crippen LogP contribution is -2.40. The first-order valence-electron chi connectivity index (χ1n) is 8.70. The lowest BCUT2D eigenvalue weighted by atomic mass is 10.1. The number of hydrogen-bond acceptors (Lipinski definition) is 6. The van der Waals surface area contributed by atoms with Gasteiger partial charge in [0.25, 0.3) is 6.23 Å². The van der Waals surface area contributed by atoms with Gasteiger partial charge < -0.3 is 28.9 Å². The minimum atomic E-state index is -0.747. The zero-order valence-corrected chi connectivity index (χ0v) is 15.4. The zero-order chi connectivity index (χ0) is 17.7. The molecule has 3 saturated heterocycles. The number of ether oxygens (including phenoxy) is 5. The molecule has 0 bridgehead atoms. The molecule has 0 aromatic carbocycles. The van der Waals surface area contributed by atoms with Crippen molar-refractivity contribution in [1.29, 1.82) is 0 Å². The molecule has 3 fully saturated rings. The van der Waals surface area contributed by atoms with Crippen molar-refractivity contribution >= 4 is 6.21 Å². The lowest BCUT2D eigenvalue weighted by Gasteiger charge is -2.26. The first-order valence-corrected chi connectivity index (χ1v) is 8.70. The normalized spacial score (nSPS) is 41.1. The summed E-state index contributed by atoms with van der Waals surface area (Å²) in [5.41, 5.74) is 0. The lowest BCUT2D eigenvalue weighted by molar-refractivity contribution is -0.563. The average molecular weight is 343 g/mol. The van der Waals surface area contributed by atoms with Crippen molar-refractivity contribution in [2.45, 2.75) is 90.2 Å². The molecule has 0 saturated carbocycles. The fourth-order valence-electron chi connectivity index (χ4n) is 3.41. The smallest absolute Gasteiger partial charge is 0.297 e. The van der Waals surface area contributed by atoms with Gasteiger partial charge in [-0.3, -0.25) is 0 Å². The Labute approximate surface area is 143 Å². The predicted octanol–water partition coefficient (Wildman–Crippen LogP) is 2.01. The Morgan fingerprint density at radius 3 is 2.29 bits per heavy atom. The Kier molecular flexibility index (Phi) is 4.68. The molecule has 0 spiro atoms. The Balaban J connectivity index is 1.78. The number of fused-ring (bicyclic) bond motifs is 1. The number of nitrogens with zero attached hydrogens (tertiary/aromatic N) is 1. The van der Waals surface area contributed by atoms with Crippen LogP contribution in [0.4, 0.5) is 0 Å². The molecule has 0 aromatic rings. The minimum Gasteiger partial charge on any atom is -0.622 e. The summed E-state index contributed by atoms with van der Waals surface area (Å²) in [4.78, 5) is 0. The summed E-state index contributed by atoms with van der Waals surface area (Å²) in [5, 5.41) is 12.5. The molecule has 5 atom stereocenters. The molecular weight excluding hydrogens is 314 g/mol. The van der Waals surface area contributed by atoms with Gasteiger partial charge >= 0.3 is 0 Å². The van der Waals surface area contributed by atoms with Crippen LogP contribution in [0.25, 0.3) is 0 Å². The fraction of sp³-hybridized carbons (Fsp3) is 0.941. The van der Waals surface area contributed by atoms with Crippen molar-refractivity contribution in [2.24, 2.45) is 5.92 Å². The second-order valence-electron chi connectivity index (χ2n) is 8.10. The molecule has 0 radical (unpaired) electrons. The molecule has 3 aliphatic rings. The van der Waals surface area contributed by atoms with Gasteiger partial charge in [0.05, 0.1) is 6.61 Å². The fourth-order valence-corrected chi connectivity index (χ4v) is 3.41. The average Bonchev–Trinajstić information content (AvgIpc) is 3.06. The summed E-state index contributed by atoms with van der Waals surface area (Å²) >= 11 is 0. The monoisotopic (exact) mass is 343 g/mol. The van der Waals surface area contributed by atoms with E-state index in [2.05, 4.69) is 13.8 Å². The molecule has 24 heavy (non-hydrogen) atoms. The van der Waals surface area contributed by atoms with Crippen LogP contribution in [0.1, 0.15) is 48.0 Å². The molecule has 0 aliphatic carbocycles. The van der Waals surface area contributed by atoms with Crippen LogP contribution in [-0.4, -0.2) is 59.8 Å². The van der Waals surface area contributed by atoms with E-state index in [-0.39, 0.29) is 12.2 Å². The van der Waals surface area contributed by atoms with Crippen LogP contribution in [0.15, 0.2) is 0 Å². The Hall–Kier alpha value is -0.730. The third-order valence-electron chi connectivity index (χ3n) is 4.47. The van der Waals surface area contributed by atoms with E-state index in [4.69, 9.17) is 23.7 Å². The van der Waals surface area contributed by atoms with Gasteiger partial charge in [0, 0.05) is 6.42 Å².